The summed E-state index contributed by atoms with van der Waals surface area (Å²) in [5.74, 6) is 1.81. The van der Waals surface area contributed by atoms with Crippen LogP contribution in [0.25, 0.3) is 11.3 Å². The molecule has 1 aliphatic heterocycles. The van der Waals surface area contributed by atoms with Gasteiger partial charge >= 0.3 is 0 Å². The van der Waals surface area contributed by atoms with Crippen LogP contribution in [-0.4, -0.2) is 40.4 Å². The van der Waals surface area contributed by atoms with Crippen LogP contribution < -0.4 is 10.6 Å². The Bertz CT molecular complexity index is 818. The number of hydrogen-bond acceptors (Lipinski definition) is 6. The first-order valence-corrected chi connectivity index (χ1v) is 10.0. The van der Waals surface area contributed by atoms with E-state index in [-0.39, 0.29) is 11.7 Å². The van der Waals surface area contributed by atoms with Gasteiger partial charge < -0.3 is 10.6 Å². The van der Waals surface area contributed by atoms with Crippen molar-refractivity contribution in [2.75, 3.05) is 25.0 Å². The van der Waals surface area contributed by atoms with E-state index in [2.05, 4.69) is 25.6 Å². The topological polar surface area (TPSA) is 79.8 Å². The van der Waals surface area contributed by atoms with Crippen LogP contribution in [0.1, 0.15) is 31.4 Å². The summed E-state index contributed by atoms with van der Waals surface area (Å²) in [6.45, 7) is 2.69. The zero-order valence-corrected chi connectivity index (χ0v) is 16.0. The van der Waals surface area contributed by atoms with Crippen LogP contribution in [0.2, 0.25) is 5.02 Å². The van der Waals surface area contributed by atoms with Gasteiger partial charge in [-0.05, 0) is 44.2 Å². The number of Topliss-reactive ketones (excluding diaryl/α,β-unsaturated/α-hetero) is 1. The molecule has 2 N–H and O–H groups in total. The molecule has 0 bridgehead atoms. The molecule has 1 aliphatic carbocycles. The van der Waals surface area contributed by atoms with Gasteiger partial charge in [-0.1, -0.05) is 11.6 Å². The third kappa shape index (κ3) is 4.82. The minimum Gasteiger partial charge on any atom is -0.368 e. The van der Waals surface area contributed by atoms with E-state index in [1.54, 1.807) is 18.6 Å². The minimum absolute atomic E-state index is 0.0782. The van der Waals surface area contributed by atoms with Crippen molar-refractivity contribution in [3.8, 4) is 11.3 Å². The Kier molecular flexibility index (Phi) is 5.64. The van der Waals surface area contributed by atoms with Gasteiger partial charge in [-0.25, -0.2) is 4.98 Å². The number of nitrogens with zero attached hydrogens (tertiary/aromatic N) is 3. The van der Waals surface area contributed by atoms with Crippen LogP contribution >= 0.6 is 11.6 Å². The largest absolute Gasteiger partial charge is 0.368 e. The highest BCUT2D eigenvalue weighted by molar-refractivity contribution is 6.33. The number of hydrogen-bond donors (Lipinski definition) is 2. The molecule has 4 rings (SSSR count). The molecule has 1 saturated heterocycles. The second-order valence-corrected chi connectivity index (χ2v) is 7.86. The second kappa shape index (κ2) is 8.31. The van der Waals surface area contributed by atoms with Crippen LogP contribution in [0.15, 0.2) is 24.7 Å². The highest BCUT2D eigenvalue weighted by atomic mass is 35.5. The predicted molar refractivity (Wildman–Crippen MR) is 106 cm³/mol. The van der Waals surface area contributed by atoms with Crippen LogP contribution in [0.4, 0.5) is 5.82 Å². The SMILES string of the molecule is O=C(Cc1cc(-c2cncc(NCC3CC3)n2)c(Cl)cn1)[C@@H]1CCCNC1. The molecule has 0 amide bonds. The standard InChI is InChI=1S/C20H24ClN5O/c21-17-10-24-15(7-19(27)14-2-1-5-22-9-14)6-16(17)18-11-23-12-20(26-18)25-8-13-3-4-13/h6,10-14,22H,1-5,7-9H2,(H,25,26)/t14-/m1/s1. The maximum atomic E-state index is 12.6. The third-order valence-electron chi connectivity index (χ3n) is 5.20. The molecule has 2 aliphatic rings. The van der Waals surface area contributed by atoms with Crippen LogP contribution in [-0.2, 0) is 11.2 Å². The highest BCUT2D eigenvalue weighted by Gasteiger charge is 2.22. The van der Waals surface area contributed by atoms with E-state index in [0.29, 0.717) is 17.1 Å². The molecule has 142 valence electrons. The number of pyridine rings is 1. The Labute approximate surface area is 164 Å². The van der Waals surface area contributed by atoms with E-state index >= 15 is 0 Å². The maximum absolute atomic E-state index is 12.6. The van der Waals surface area contributed by atoms with E-state index < -0.39 is 0 Å². The number of nitrogens with one attached hydrogen (secondary N) is 2. The molecule has 0 aromatic carbocycles. The zero-order valence-electron chi connectivity index (χ0n) is 15.2. The molecule has 3 heterocycles. The van der Waals surface area contributed by atoms with Gasteiger partial charge in [0.25, 0.3) is 0 Å². The number of carbonyl (C=O) groups excluding carboxylic acids is 1. The molecular formula is C20H24ClN5O. The Morgan fingerprint density at radius 3 is 2.93 bits per heavy atom. The first kappa shape index (κ1) is 18.3. The van der Waals surface area contributed by atoms with Crippen LogP contribution in [0.5, 0.6) is 0 Å². The van der Waals surface area contributed by atoms with E-state index in [1.165, 1.54) is 12.8 Å². The Morgan fingerprint density at radius 2 is 2.15 bits per heavy atom. The average Bonchev–Trinajstić information content (AvgIpc) is 3.53. The zero-order chi connectivity index (χ0) is 18.6. The predicted octanol–water partition coefficient (Wildman–Crippen LogP) is 3.13. The van der Waals surface area contributed by atoms with Gasteiger partial charge in [0.05, 0.1) is 23.1 Å². The number of piperidine rings is 1. The molecule has 1 saturated carbocycles. The first-order valence-electron chi connectivity index (χ1n) is 9.63. The summed E-state index contributed by atoms with van der Waals surface area (Å²) in [4.78, 5) is 25.8. The van der Waals surface area contributed by atoms with Crippen molar-refractivity contribution in [2.24, 2.45) is 11.8 Å². The highest BCUT2D eigenvalue weighted by Crippen LogP contribution is 2.30. The number of anilines is 1. The van der Waals surface area contributed by atoms with Gasteiger partial charge in [-0.2, -0.15) is 0 Å². The summed E-state index contributed by atoms with van der Waals surface area (Å²) in [5.41, 5.74) is 2.18. The summed E-state index contributed by atoms with van der Waals surface area (Å²) in [6, 6.07) is 1.87. The number of ketones is 1. The molecule has 2 aromatic heterocycles. The quantitative estimate of drug-likeness (QED) is 0.762. The van der Waals surface area contributed by atoms with E-state index in [0.717, 1.165) is 55.5 Å². The van der Waals surface area contributed by atoms with Gasteiger partial charge in [0.1, 0.15) is 11.6 Å². The normalized spacial score (nSPS) is 19.7. The molecule has 6 nitrogen and oxygen atoms in total. The van der Waals surface area contributed by atoms with Crippen molar-refractivity contribution in [2.45, 2.75) is 32.1 Å². The number of halogens is 1. The number of aromatic nitrogens is 3. The van der Waals surface area contributed by atoms with Crippen molar-refractivity contribution in [1.82, 2.24) is 20.3 Å². The second-order valence-electron chi connectivity index (χ2n) is 7.46. The van der Waals surface area contributed by atoms with Crippen molar-refractivity contribution < 1.29 is 4.79 Å². The summed E-state index contributed by atoms with van der Waals surface area (Å²) < 4.78 is 0. The minimum atomic E-state index is 0.0782. The van der Waals surface area contributed by atoms with Gasteiger partial charge in [0.2, 0.25) is 0 Å². The molecule has 0 spiro atoms. The smallest absolute Gasteiger partial charge is 0.145 e. The summed E-state index contributed by atoms with van der Waals surface area (Å²) in [5, 5.41) is 7.14. The summed E-state index contributed by atoms with van der Waals surface area (Å²) >= 11 is 6.36. The third-order valence-corrected chi connectivity index (χ3v) is 5.50. The average molecular weight is 386 g/mol. The van der Waals surface area contributed by atoms with Gasteiger partial charge in [-0.15, -0.1) is 0 Å². The fraction of sp³-hybridized carbons (Fsp3) is 0.500. The van der Waals surface area contributed by atoms with Gasteiger partial charge in [-0.3, -0.25) is 14.8 Å². The molecule has 0 radical (unpaired) electrons. The van der Waals surface area contributed by atoms with Crippen molar-refractivity contribution in [3.05, 3.63) is 35.4 Å². The van der Waals surface area contributed by atoms with Crippen LogP contribution in [0, 0.1) is 11.8 Å². The molecule has 2 aromatic rings. The first-order chi connectivity index (χ1) is 13.2. The molecular weight excluding hydrogens is 362 g/mol. The van der Waals surface area contributed by atoms with E-state index in [4.69, 9.17) is 11.6 Å². The Hall–Kier alpha value is -2.05. The monoisotopic (exact) mass is 385 g/mol. The Balaban J connectivity index is 1.49. The number of carbonyl (C=O) groups is 1. The van der Waals surface area contributed by atoms with E-state index in [1.807, 2.05) is 6.07 Å². The molecule has 2 fully saturated rings. The lowest BCUT2D eigenvalue weighted by Gasteiger charge is -2.21. The fourth-order valence-corrected chi connectivity index (χ4v) is 3.58. The lowest BCUT2D eigenvalue weighted by Crippen LogP contribution is -2.35. The summed E-state index contributed by atoms with van der Waals surface area (Å²) in [6.07, 6.45) is 9.91. The van der Waals surface area contributed by atoms with Gasteiger partial charge in [0.15, 0.2) is 0 Å². The molecule has 27 heavy (non-hydrogen) atoms. The van der Waals surface area contributed by atoms with Crippen molar-refractivity contribution in [3.63, 3.8) is 0 Å². The fourth-order valence-electron chi connectivity index (χ4n) is 3.38. The number of rotatable bonds is 7. The molecule has 7 heteroatoms. The maximum Gasteiger partial charge on any atom is 0.145 e. The van der Waals surface area contributed by atoms with Crippen LogP contribution in [0.3, 0.4) is 0 Å². The van der Waals surface area contributed by atoms with Crippen molar-refractivity contribution >= 4 is 23.2 Å². The van der Waals surface area contributed by atoms with Gasteiger partial charge in [0, 0.05) is 42.9 Å². The van der Waals surface area contributed by atoms with E-state index in [9.17, 15) is 4.79 Å². The molecule has 1 atom stereocenters. The van der Waals surface area contributed by atoms with Crippen molar-refractivity contribution in [1.29, 1.82) is 0 Å². The lowest BCUT2D eigenvalue weighted by atomic mass is 9.92. The summed E-state index contributed by atoms with van der Waals surface area (Å²) in [7, 11) is 0. The lowest BCUT2D eigenvalue weighted by molar-refractivity contribution is -0.122. The Morgan fingerprint density at radius 1 is 1.26 bits per heavy atom. The molecule has 0 unspecified atom stereocenters.